The highest BCUT2D eigenvalue weighted by molar-refractivity contribution is 6.42. The third-order valence-electron chi connectivity index (χ3n) is 7.48. The number of nitrogens with zero attached hydrogens (tertiary/aromatic N) is 4. The van der Waals surface area contributed by atoms with E-state index in [0.717, 1.165) is 48.6 Å². The van der Waals surface area contributed by atoms with Crippen LogP contribution in [0.4, 0.5) is 5.82 Å². The van der Waals surface area contributed by atoms with Crippen molar-refractivity contribution in [3.8, 4) is 0 Å². The average Bonchev–Trinajstić information content (AvgIpc) is 3.14. The number of amides is 1. The van der Waals surface area contributed by atoms with Gasteiger partial charge in [0.1, 0.15) is 12.1 Å². The van der Waals surface area contributed by atoms with Crippen LogP contribution in [-0.2, 0) is 10.2 Å². The molecular weight excluding hydrogens is 532 g/mol. The molecule has 0 saturated carbocycles. The lowest BCUT2D eigenvalue weighted by molar-refractivity contribution is -0.139. The molecule has 192 valence electrons. The molecule has 7 nitrogen and oxygen atoms in total. The first-order chi connectivity index (χ1) is 15.9. The number of piperazine rings is 1. The SMILES string of the molecule is C[C@@H]1C[C@@H](O)c2ncnc(N3CCN(C(=O)C4(c5ccc(Cl)c(Cl)c5)CCNCC4)CC3)c21.Cl.Cl. The van der Waals surface area contributed by atoms with Crippen molar-refractivity contribution in [1.82, 2.24) is 20.2 Å². The fourth-order valence-corrected chi connectivity index (χ4v) is 5.95. The van der Waals surface area contributed by atoms with Crippen molar-refractivity contribution in [2.45, 2.75) is 43.6 Å². The van der Waals surface area contributed by atoms with Gasteiger partial charge in [0, 0.05) is 31.7 Å². The number of rotatable bonds is 3. The smallest absolute Gasteiger partial charge is 0.233 e. The van der Waals surface area contributed by atoms with Gasteiger partial charge in [0.05, 0.1) is 27.3 Å². The number of carbonyl (C=O) groups excluding carboxylic acids is 1. The summed E-state index contributed by atoms with van der Waals surface area (Å²) in [7, 11) is 0. The fourth-order valence-electron chi connectivity index (χ4n) is 5.65. The molecule has 2 aromatic rings. The van der Waals surface area contributed by atoms with E-state index in [0.29, 0.717) is 42.6 Å². The quantitative estimate of drug-likeness (QED) is 0.585. The van der Waals surface area contributed by atoms with Gasteiger partial charge in [-0.3, -0.25) is 4.79 Å². The van der Waals surface area contributed by atoms with E-state index < -0.39 is 11.5 Å². The Balaban J connectivity index is 0.00000171. The minimum atomic E-state index is -0.587. The highest BCUT2D eigenvalue weighted by atomic mass is 35.5. The molecule has 2 saturated heterocycles. The second kappa shape index (κ2) is 11.4. The van der Waals surface area contributed by atoms with Crippen molar-refractivity contribution in [3.05, 3.63) is 51.4 Å². The fraction of sp³-hybridized carbons (Fsp3) is 0.542. The van der Waals surface area contributed by atoms with Crippen LogP contribution in [0.1, 0.15) is 55.0 Å². The number of carbonyl (C=O) groups is 1. The van der Waals surface area contributed by atoms with Crippen LogP contribution in [0.25, 0.3) is 0 Å². The van der Waals surface area contributed by atoms with Crippen LogP contribution in [-0.4, -0.2) is 65.2 Å². The topological polar surface area (TPSA) is 81.6 Å². The maximum absolute atomic E-state index is 13.9. The van der Waals surface area contributed by atoms with E-state index in [4.69, 9.17) is 23.2 Å². The van der Waals surface area contributed by atoms with Gasteiger partial charge in [0.2, 0.25) is 5.91 Å². The first-order valence-electron chi connectivity index (χ1n) is 11.6. The van der Waals surface area contributed by atoms with Crippen LogP contribution in [0.5, 0.6) is 0 Å². The number of hydrogen-bond acceptors (Lipinski definition) is 6. The zero-order valence-electron chi connectivity index (χ0n) is 19.5. The molecule has 11 heteroatoms. The molecule has 1 aromatic carbocycles. The number of piperidine rings is 1. The van der Waals surface area contributed by atoms with Crippen molar-refractivity contribution in [3.63, 3.8) is 0 Å². The predicted octanol–water partition coefficient (Wildman–Crippen LogP) is 4.14. The Morgan fingerprint density at radius 1 is 1.09 bits per heavy atom. The number of aromatic nitrogens is 2. The van der Waals surface area contributed by atoms with Crippen molar-refractivity contribution >= 4 is 59.7 Å². The van der Waals surface area contributed by atoms with Gasteiger partial charge >= 0.3 is 0 Å². The molecule has 1 amide bonds. The van der Waals surface area contributed by atoms with Gasteiger partial charge < -0.3 is 20.2 Å². The second-order valence-electron chi connectivity index (χ2n) is 9.39. The Morgan fingerprint density at radius 3 is 2.43 bits per heavy atom. The second-order valence-corrected chi connectivity index (χ2v) is 10.2. The number of halogens is 4. The molecule has 2 N–H and O–H groups in total. The maximum Gasteiger partial charge on any atom is 0.233 e. The molecule has 0 radical (unpaired) electrons. The van der Waals surface area contributed by atoms with Crippen LogP contribution in [0, 0.1) is 0 Å². The summed E-state index contributed by atoms with van der Waals surface area (Å²) >= 11 is 12.5. The lowest BCUT2D eigenvalue weighted by Crippen LogP contribution is -2.57. The van der Waals surface area contributed by atoms with Crippen molar-refractivity contribution in [1.29, 1.82) is 0 Å². The van der Waals surface area contributed by atoms with Gasteiger partial charge in [-0.25, -0.2) is 9.97 Å². The summed E-state index contributed by atoms with van der Waals surface area (Å²) < 4.78 is 0. The molecule has 2 fully saturated rings. The van der Waals surface area contributed by atoms with Crippen LogP contribution >= 0.6 is 48.0 Å². The molecular formula is C24H31Cl4N5O2. The van der Waals surface area contributed by atoms with Gasteiger partial charge in [0.15, 0.2) is 0 Å². The summed E-state index contributed by atoms with van der Waals surface area (Å²) in [5.74, 6) is 1.29. The van der Waals surface area contributed by atoms with Crippen LogP contribution in [0.2, 0.25) is 10.0 Å². The molecule has 3 aliphatic rings. The summed E-state index contributed by atoms with van der Waals surface area (Å²) in [5, 5.41) is 14.7. The predicted molar refractivity (Wildman–Crippen MR) is 144 cm³/mol. The zero-order chi connectivity index (χ0) is 23.2. The molecule has 35 heavy (non-hydrogen) atoms. The minimum Gasteiger partial charge on any atom is -0.387 e. The number of hydrogen-bond donors (Lipinski definition) is 2. The van der Waals surface area contributed by atoms with E-state index in [1.807, 2.05) is 17.0 Å². The molecule has 0 bridgehead atoms. The largest absolute Gasteiger partial charge is 0.387 e. The Morgan fingerprint density at radius 2 is 1.77 bits per heavy atom. The van der Waals surface area contributed by atoms with Crippen LogP contribution in [0.15, 0.2) is 24.5 Å². The number of aliphatic hydroxyl groups excluding tert-OH is 1. The third-order valence-corrected chi connectivity index (χ3v) is 8.22. The average molecular weight is 563 g/mol. The summed E-state index contributed by atoms with van der Waals surface area (Å²) in [6.07, 6.45) is 3.17. The number of nitrogens with one attached hydrogen (secondary N) is 1. The van der Waals surface area contributed by atoms with Gasteiger partial charge in [0.25, 0.3) is 0 Å². The minimum absolute atomic E-state index is 0. The van der Waals surface area contributed by atoms with Crippen molar-refractivity contribution < 1.29 is 9.90 Å². The zero-order valence-corrected chi connectivity index (χ0v) is 22.7. The first kappa shape index (κ1) is 28.2. The lowest BCUT2D eigenvalue weighted by atomic mass is 9.72. The van der Waals surface area contributed by atoms with Gasteiger partial charge in [-0.05, 0) is 56.0 Å². The maximum atomic E-state index is 13.9. The van der Waals surface area contributed by atoms with E-state index in [9.17, 15) is 9.90 Å². The standard InChI is InChI=1S/C24H29Cl2N5O2.2ClH/c1-15-12-19(32)21-20(15)22(29-14-28-21)30-8-10-31(11-9-30)23(33)24(4-6-27-7-5-24)16-2-3-17(25)18(26)13-16;;/h2-3,13-15,19,27,32H,4-12H2,1H3;2*1H/t15-,19-;;/m1../s1. The highest BCUT2D eigenvalue weighted by Gasteiger charge is 2.44. The van der Waals surface area contributed by atoms with Gasteiger partial charge in [-0.2, -0.15) is 0 Å². The highest BCUT2D eigenvalue weighted by Crippen LogP contribution is 2.43. The molecule has 0 unspecified atom stereocenters. The summed E-state index contributed by atoms with van der Waals surface area (Å²) in [5.41, 5.74) is 2.16. The Hall–Kier alpha value is -1.35. The number of anilines is 1. The molecule has 5 rings (SSSR count). The van der Waals surface area contributed by atoms with E-state index >= 15 is 0 Å². The number of benzene rings is 1. The number of fused-ring (bicyclic) bond motifs is 1. The molecule has 2 aliphatic heterocycles. The molecule has 1 aromatic heterocycles. The molecule has 0 spiro atoms. The summed E-state index contributed by atoms with van der Waals surface area (Å²) in [6, 6.07) is 5.60. The van der Waals surface area contributed by atoms with Crippen molar-refractivity contribution in [2.24, 2.45) is 0 Å². The van der Waals surface area contributed by atoms with Crippen LogP contribution in [0.3, 0.4) is 0 Å². The number of aliphatic hydroxyl groups is 1. The molecule has 2 atom stereocenters. The van der Waals surface area contributed by atoms with E-state index in [-0.39, 0.29) is 36.6 Å². The van der Waals surface area contributed by atoms with Gasteiger partial charge in [-0.15, -0.1) is 24.8 Å². The normalized spacial score (nSPS) is 23.2. The molecule has 3 heterocycles. The third kappa shape index (κ3) is 5.09. The Bertz CT molecular complexity index is 1060. The Labute approximate surface area is 228 Å². The first-order valence-corrected chi connectivity index (χ1v) is 12.4. The molecule has 1 aliphatic carbocycles. The monoisotopic (exact) mass is 561 g/mol. The Kier molecular flexibility index (Phi) is 9.16. The summed E-state index contributed by atoms with van der Waals surface area (Å²) in [6.45, 7) is 6.36. The van der Waals surface area contributed by atoms with E-state index in [1.54, 1.807) is 12.4 Å². The lowest BCUT2D eigenvalue weighted by Gasteiger charge is -2.44. The summed E-state index contributed by atoms with van der Waals surface area (Å²) in [4.78, 5) is 27.1. The van der Waals surface area contributed by atoms with Gasteiger partial charge in [-0.1, -0.05) is 36.2 Å². The van der Waals surface area contributed by atoms with Crippen molar-refractivity contribution in [2.75, 3.05) is 44.2 Å². The van der Waals surface area contributed by atoms with E-state index in [1.165, 1.54) is 0 Å². The van der Waals surface area contributed by atoms with Crippen LogP contribution < -0.4 is 10.2 Å². The van der Waals surface area contributed by atoms with E-state index in [2.05, 4.69) is 27.1 Å².